The zero-order valence-corrected chi connectivity index (χ0v) is 23.5. The summed E-state index contributed by atoms with van der Waals surface area (Å²) in [5.41, 5.74) is 0. The molecule has 4 fully saturated rings. The van der Waals surface area contributed by atoms with Gasteiger partial charge in [-0.2, -0.15) is 0 Å². The highest BCUT2D eigenvalue weighted by Gasteiger charge is 2.54. The van der Waals surface area contributed by atoms with Gasteiger partial charge in [-0.05, 0) is 0 Å². The predicted octanol–water partition coefficient (Wildman–Crippen LogP) is -9.75. The van der Waals surface area contributed by atoms with Crippen molar-refractivity contribution < 1.29 is 105 Å². The van der Waals surface area contributed by atoms with Crippen LogP contribution >= 0.6 is 0 Å². The number of aliphatic hydroxyl groups is 14. The summed E-state index contributed by atoms with van der Waals surface area (Å²) in [4.78, 5) is 0. The van der Waals surface area contributed by atoms with E-state index in [-0.39, 0.29) is 0 Å². The summed E-state index contributed by atoms with van der Waals surface area (Å²) >= 11 is 0. The van der Waals surface area contributed by atoms with E-state index in [4.69, 9.17) is 33.2 Å². The predicted molar refractivity (Wildman–Crippen MR) is 134 cm³/mol. The van der Waals surface area contributed by atoms with Crippen LogP contribution in [0.2, 0.25) is 0 Å². The van der Waals surface area contributed by atoms with Gasteiger partial charge in [0.05, 0.1) is 26.4 Å². The van der Waals surface area contributed by atoms with Crippen molar-refractivity contribution in [1.82, 2.24) is 0 Å². The van der Waals surface area contributed by atoms with E-state index in [0.717, 1.165) is 0 Å². The maximum atomic E-state index is 11.1. The van der Waals surface area contributed by atoms with Gasteiger partial charge in [0.2, 0.25) is 0 Å². The standard InChI is InChI=1S/C24H42O21/c25-1-5-11(30)15(34)19(21(38)40-5)44-24-20(45-23-18(37)14(33)10(29)7(3-27)42-23)16(35)12(31)8(43-24)4-39-22-17(36)13(32)9(28)6(2-26)41-22/h5-38H,1-4H2/t5-,6-,7-,8-,9-,10-,11-,12-,13+,14+,15+,16+,17-,18-,19-,20-,21?,22-,23+,24+/m1/s1. The van der Waals surface area contributed by atoms with Gasteiger partial charge in [0.25, 0.3) is 0 Å². The molecule has 4 aliphatic rings. The van der Waals surface area contributed by atoms with Gasteiger partial charge in [-0.25, -0.2) is 0 Å². The molecule has 0 radical (unpaired) electrons. The summed E-state index contributed by atoms with van der Waals surface area (Å²) in [6.45, 7) is -3.14. The first kappa shape index (κ1) is 37.0. The van der Waals surface area contributed by atoms with Crippen LogP contribution in [0.25, 0.3) is 0 Å². The van der Waals surface area contributed by atoms with E-state index >= 15 is 0 Å². The lowest BCUT2D eigenvalue weighted by Gasteiger charge is -2.48. The van der Waals surface area contributed by atoms with Crippen molar-refractivity contribution in [2.24, 2.45) is 0 Å². The Hall–Kier alpha value is -0.840. The Morgan fingerprint density at radius 1 is 0.378 bits per heavy atom. The molecule has 45 heavy (non-hydrogen) atoms. The third-order valence-corrected chi connectivity index (χ3v) is 8.19. The first-order valence-corrected chi connectivity index (χ1v) is 14.1. The summed E-state index contributed by atoms with van der Waals surface area (Å²) in [6, 6.07) is 0. The van der Waals surface area contributed by atoms with E-state index in [1.54, 1.807) is 0 Å². The van der Waals surface area contributed by atoms with Gasteiger partial charge in [-0.15, -0.1) is 0 Å². The molecule has 21 heteroatoms. The Bertz CT molecular complexity index is 912. The van der Waals surface area contributed by atoms with Crippen molar-refractivity contribution in [3.63, 3.8) is 0 Å². The average Bonchev–Trinajstić information content (AvgIpc) is 3.03. The van der Waals surface area contributed by atoms with Gasteiger partial charge in [0.1, 0.15) is 97.7 Å². The lowest BCUT2D eigenvalue weighted by Crippen LogP contribution is -2.67. The SMILES string of the molecule is OC[C@H]1O[C@@H](OC[C@H]2O[C@@H](O[C@H]3C(O)O[C@H](CO)[C@@H](O)[C@@H]3O)[C@H](O[C@@H]3O[C@H](CO)[C@@H](O)[C@H](O)[C@H]3O)[C@@H](O)[C@@H]2O)[C@H](O)[C@@H](O)[C@@H]1O. The fourth-order valence-electron chi connectivity index (χ4n) is 5.40. The minimum absolute atomic E-state index is 0.741. The topological polar surface area (TPSA) is 348 Å². The molecule has 0 aromatic heterocycles. The summed E-state index contributed by atoms with van der Waals surface area (Å²) in [5.74, 6) is 0. The number of hydrogen-bond acceptors (Lipinski definition) is 21. The number of ether oxygens (including phenoxy) is 7. The van der Waals surface area contributed by atoms with Crippen LogP contribution in [0, 0.1) is 0 Å². The van der Waals surface area contributed by atoms with Gasteiger partial charge in [0.15, 0.2) is 25.2 Å². The van der Waals surface area contributed by atoms with Crippen LogP contribution in [0.4, 0.5) is 0 Å². The monoisotopic (exact) mass is 666 g/mol. The number of aliphatic hydroxyl groups excluding tert-OH is 14. The van der Waals surface area contributed by atoms with E-state index in [9.17, 15) is 71.5 Å². The van der Waals surface area contributed by atoms with Crippen molar-refractivity contribution in [2.45, 2.75) is 123 Å². The fourth-order valence-corrected chi connectivity index (χ4v) is 5.40. The highest BCUT2D eigenvalue weighted by atomic mass is 16.8. The average molecular weight is 667 g/mol. The van der Waals surface area contributed by atoms with Crippen molar-refractivity contribution >= 4 is 0 Å². The van der Waals surface area contributed by atoms with Crippen LogP contribution in [0.5, 0.6) is 0 Å². The van der Waals surface area contributed by atoms with Crippen LogP contribution in [-0.4, -0.2) is 221 Å². The van der Waals surface area contributed by atoms with E-state index in [1.165, 1.54) is 0 Å². The Labute approximate surface area is 254 Å². The highest BCUT2D eigenvalue weighted by Crippen LogP contribution is 2.33. The van der Waals surface area contributed by atoms with E-state index in [1.807, 2.05) is 0 Å². The molecule has 0 aliphatic carbocycles. The van der Waals surface area contributed by atoms with E-state index < -0.39 is 149 Å². The summed E-state index contributed by atoms with van der Waals surface area (Å²) in [7, 11) is 0. The molecular formula is C24H42O21. The third kappa shape index (κ3) is 7.59. The second-order valence-corrected chi connectivity index (χ2v) is 11.2. The normalized spacial score (nSPS) is 52.9. The van der Waals surface area contributed by atoms with Crippen LogP contribution in [0.1, 0.15) is 0 Å². The Morgan fingerprint density at radius 2 is 0.778 bits per heavy atom. The molecule has 0 aromatic carbocycles. The molecule has 1 unspecified atom stereocenters. The zero-order chi connectivity index (χ0) is 33.3. The first-order valence-electron chi connectivity index (χ1n) is 14.1. The molecule has 0 saturated carbocycles. The Kier molecular flexibility index (Phi) is 12.8. The fraction of sp³-hybridized carbons (Fsp3) is 1.00. The molecule has 0 spiro atoms. The molecule has 21 nitrogen and oxygen atoms in total. The molecule has 4 rings (SSSR count). The van der Waals surface area contributed by atoms with Crippen molar-refractivity contribution in [3.05, 3.63) is 0 Å². The molecular weight excluding hydrogens is 624 g/mol. The lowest BCUT2D eigenvalue weighted by atomic mass is 9.96. The highest BCUT2D eigenvalue weighted by molar-refractivity contribution is 4.96. The molecule has 0 aromatic rings. The van der Waals surface area contributed by atoms with Crippen LogP contribution < -0.4 is 0 Å². The lowest BCUT2D eigenvalue weighted by molar-refractivity contribution is -0.394. The Morgan fingerprint density at radius 3 is 1.33 bits per heavy atom. The molecule has 20 atom stereocenters. The van der Waals surface area contributed by atoms with Crippen molar-refractivity contribution in [3.8, 4) is 0 Å². The summed E-state index contributed by atoms with van der Waals surface area (Å²) < 4.78 is 37.8. The van der Waals surface area contributed by atoms with Crippen LogP contribution in [0.3, 0.4) is 0 Å². The van der Waals surface area contributed by atoms with Crippen molar-refractivity contribution in [2.75, 3.05) is 26.4 Å². The third-order valence-electron chi connectivity index (χ3n) is 8.19. The first-order chi connectivity index (χ1) is 21.2. The van der Waals surface area contributed by atoms with E-state index in [2.05, 4.69) is 0 Å². The summed E-state index contributed by atoms with van der Waals surface area (Å²) in [5, 5.41) is 142. The number of rotatable bonds is 10. The van der Waals surface area contributed by atoms with Gasteiger partial charge >= 0.3 is 0 Å². The Balaban J connectivity index is 1.55. The quantitative estimate of drug-likeness (QED) is 0.103. The van der Waals surface area contributed by atoms with Gasteiger partial charge < -0.3 is 105 Å². The largest absolute Gasteiger partial charge is 0.394 e. The molecule has 0 amide bonds. The maximum absolute atomic E-state index is 11.1. The van der Waals surface area contributed by atoms with Gasteiger partial charge in [-0.3, -0.25) is 0 Å². The zero-order valence-electron chi connectivity index (χ0n) is 23.5. The van der Waals surface area contributed by atoms with Gasteiger partial charge in [0, 0.05) is 0 Å². The molecule has 264 valence electrons. The van der Waals surface area contributed by atoms with Crippen LogP contribution in [-0.2, 0) is 33.2 Å². The second kappa shape index (κ2) is 15.6. The maximum Gasteiger partial charge on any atom is 0.187 e. The van der Waals surface area contributed by atoms with E-state index in [0.29, 0.717) is 0 Å². The van der Waals surface area contributed by atoms with Crippen LogP contribution in [0.15, 0.2) is 0 Å². The minimum Gasteiger partial charge on any atom is -0.394 e. The molecule has 0 bridgehead atoms. The van der Waals surface area contributed by atoms with Crippen molar-refractivity contribution in [1.29, 1.82) is 0 Å². The number of hydrogen-bond donors (Lipinski definition) is 14. The second-order valence-electron chi connectivity index (χ2n) is 11.2. The molecule has 14 N–H and O–H groups in total. The molecule has 4 aliphatic heterocycles. The molecule has 4 saturated heterocycles. The molecule has 4 heterocycles. The minimum atomic E-state index is -2.05. The van der Waals surface area contributed by atoms with Gasteiger partial charge in [-0.1, -0.05) is 0 Å². The smallest absolute Gasteiger partial charge is 0.187 e. The summed E-state index contributed by atoms with van der Waals surface area (Å²) in [6.07, 6.45) is -35.9.